The zero-order valence-corrected chi connectivity index (χ0v) is 12.4. The fourth-order valence-electron chi connectivity index (χ4n) is 1.26. The second-order valence-electron chi connectivity index (χ2n) is 4.06. The highest BCUT2D eigenvalue weighted by Crippen LogP contribution is 2.27. The number of hydrogen-bond donors (Lipinski definition) is 2. The van der Waals surface area contributed by atoms with E-state index in [2.05, 4.69) is 9.62 Å². The van der Waals surface area contributed by atoms with Crippen LogP contribution in [0.15, 0.2) is 28.0 Å². The summed E-state index contributed by atoms with van der Waals surface area (Å²) in [6.45, 7) is 0.910. The number of nitrogens with two attached hydrogens (primary N) is 1. The molecule has 0 radical (unpaired) electrons. The quantitative estimate of drug-likeness (QED) is 0.599. The fraction of sp³-hybridized carbons (Fsp3) is 0.455. The van der Waals surface area contributed by atoms with Crippen LogP contribution >= 0.6 is 11.8 Å². The summed E-state index contributed by atoms with van der Waals surface area (Å²) < 4.78 is 25.6. The summed E-state index contributed by atoms with van der Waals surface area (Å²) in [5.74, 6) is 0.861. The van der Waals surface area contributed by atoms with E-state index in [9.17, 15) is 8.42 Å². The van der Waals surface area contributed by atoms with Crippen molar-refractivity contribution in [3.05, 3.63) is 18.2 Å². The van der Waals surface area contributed by atoms with Crippen LogP contribution in [-0.4, -0.2) is 46.8 Å². The highest BCUT2D eigenvalue weighted by Gasteiger charge is 2.13. The van der Waals surface area contributed by atoms with Gasteiger partial charge in [-0.25, -0.2) is 13.1 Å². The normalized spacial score (nSPS) is 12.0. The van der Waals surface area contributed by atoms with Gasteiger partial charge in [-0.2, -0.15) is 0 Å². The van der Waals surface area contributed by atoms with Gasteiger partial charge in [0.05, 0.1) is 4.90 Å². The van der Waals surface area contributed by atoms with Crippen molar-refractivity contribution in [3.63, 3.8) is 0 Å². The van der Waals surface area contributed by atoms with Gasteiger partial charge in [-0.05, 0) is 39.3 Å². The first-order valence-corrected chi connectivity index (χ1v) is 7.94. The van der Waals surface area contributed by atoms with Crippen molar-refractivity contribution >= 4 is 27.5 Å². The Labute approximate surface area is 113 Å². The van der Waals surface area contributed by atoms with Gasteiger partial charge in [0.25, 0.3) is 0 Å². The number of sulfonamides is 1. The van der Waals surface area contributed by atoms with Gasteiger partial charge < -0.3 is 10.6 Å². The average molecular weight is 289 g/mol. The van der Waals surface area contributed by atoms with Crippen molar-refractivity contribution in [1.29, 1.82) is 0 Å². The van der Waals surface area contributed by atoms with E-state index in [1.807, 2.05) is 14.1 Å². The predicted octanol–water partition coefficient (Wildman–Crippen LogP) is 0.831. The molecule has 1 aromatic rings. The topological polar surface area (TPSA) is 75.4 Å². The number of nitrogens with one attached hydrogen (secondary N) is 1. The molecule has 0 heterocycles. The molecule has 102 valence electrons. The molecule has 7 heteroatoms. The maximum Gasteiger partial charge on any atom is 0.240 e. The molecule has 0 aromatic heterocycles. The summed E-state index contributed by atoms with van der Waals surface area (Å²) in [5.41, 5.74) is 6.45. The standard InChI is InChI=1S/C11H19N3O2S2/c1-13-18(15,16)9-4-5-10(12)11(8-9)17-7-6-14(2)3/h4-5,8,13H,6-7,12H2,1-3H3. The van der Waals surface area contributed by atoms with Crippen LogP contribution in [0.25, 0.3) is 0 Å². The van der Waals surface area contributed by atoms with Crippen molar-refractivity contribution in [2.24, 2.45) is 0 Å². The molecule has 18 heavy (non-hydrogen) atoms. The molecule has 1 rings (SSSR count). The maximum absolute atomic E-state index is 11.7. The fourth-order valence-corrected chi connectivity index (χ4v) is 3.21. The van der Waals surface area contributed by atoms with Gasteiger partial charge >= 0.3 is 0 Å². The van der Waals surface area contributed by atoms with Crippen LogP contribution in [0, 0.1) is 0 Å². The Bertz CT molecular complexity index is 501. The molecule has 0 fully saturated rings. The Morgan fingerprint density at radius 2 is 2.06 bits per heavy atom. The first-order chi connectivity index (χ1) is 8.36. The number of thioether (sulfide) groups is 1. The van der Waals surface area contributed by atoms with Crippen LogP contribution in [0.3, 0.4) is 0 Å². The first kappa shape index (κ1) is 15.3. The molecule has 1 aromatic carbocycles. The number of hydrogen-bond acceptors (Lipinski definition) is 5. The molecule has 0 aliphatic rings. The third kappa shape index (κ3) is 4.16. The second kappa shape index (κ2) is 6.42. The molecule has 0 aliphatic carbocycles. The summed E-state index contributed by atoms with van der Waals surface area (Å²) in [4.78, 5) is 3.11. The van der Waals surface area contributed by atoms with Gasteiger partial charge in [0, 0.05) is 22.9 Å². The SMILES string of the molecule is CNS(=O)(=O)c1ccc(N)c(SCCN(C)C)c1. The summed E-state index contributed by atoms with van der Waals surface area (Å²) in [5, 5.41) is 0. The Morgan fingerprint density at radius 1 is 1.39 bits per heavy atom. The number of anilines is 1. The minimum atomic E-state index is -3.41. The Kier molecular flexibility index (Phi) is 5.46. The molecule has 0 saturated heterocycles. The van der Waals surface area contributed by atoms with E-state index in [0.29, 0.717) is 5.69 Å². The Balaban J connectivity index is 2.88. The highest BCUT2D eigenvalue weighted by atomic mass is 32.2. The number of benzene rings is 1. The minimum Gasteiger partial charge on any atom is -0.398 e. The van der Waals surface area contributed by atoms with Gasteiger partial charge in [-0.3, -0.25) is 0 Å². The van der Waals surface area contributed by atoms with Gasteiger partial charge in [0.15, 0.2) is 0 Å². The van der Waals surface area contributed by atoms with E-state index in [4.69, 9.17) is 5.73 Å². The largest absolute Gasteiger partial charge is 0.398 e. The lowest BCUT2D eigenvalue weighted by molar-refractivity contribution is 0.437. The summed E-state index contributed by atoms with van der Waals surface area (Å²) >= 11 is 1.56. The number of nitrogen functional groups attached to an aromatic ring is 1. The van der Waals surface area contributed by atoms with E-state index in [0.717, 1.165) is 17.2 Å². The van der Waals surface area contributed by atoms with E-state index in [1.165, 1.54) is 13.1 Å². The summed E-state index contributed by atoms with van der Waals surface area (Å²) in [7, 11) is 1.97. The predicted molar refractivity (Wildman–Crippen MR) is 76.4 cm³/mol. The van der Waals surface area contributed by atoms with Crippen LogP contribution in [-0.2, 0) is 10.0 Å². The van der Waals surface area contributed by atoms with Crippen molar-refractivity contribution < 1.29 is 8.42 Å². The maximum atomic E-state index is 11.7. The number of nitrogens with zero attached hydrogens (tertiary/aromatic N) is 1. The van der Waals surface area contributed by atoms with Gasteiger partial charge in [0.2, 0.25) is 10.0 Å². The molecule has 0 amide bonds. The smallest absolute Gasteiger partial charge is 0.240 e. The molecule has 0 unspecified atom stereocenters. The summed E-state index contributed by atoms with van der Waals surface area (Å²) in [6.07, 6.45) is 0. The van der Waals surface area contributed by atoms with Crippen molar-refractivity contribution in [2.45, 2.75) is 9.79 Å². The molecule has 0 saturated carbocycles. The van der Waals surface area contributed by atoms with E-state index in [-0.39, 0.29) is 4.90 Å². The van der Waals surface area contributed by atoms with Gasteiger partial charge in [-0.15, -0.1) is 11.8 Å². The zero-order chi connectivity index (χ0) is 13.8. The molecule has 5 nitrogen and oxygen atoms in total. The molecule has 0 atom stereocenters. The first-order valence-electron chi connectivity index (χ1n) is 5.47. The van der Waals surface area contributed by atoms with Crippen molar-refractivity contribution in [1.82, 2.24) is 9.62 Å². The monoisotopic (exact) mass is 289 g/mol. The lowest BCUT2D eigenvalue weighted by Crippen LogP contribution is -2.18. The van der Waals surface area contributed by atoms with Crippen LogP contribution < -0.4 is 10.5 Å². The van der Waals surface area contributed by atoms with Crippen LogP contribution in [0.4, 0.5) is 5.69 Å². The van der Waals surface area contributed by atoms with E-state index in [1.54, 1.807) is 23.9 Å². The molecule has 3 N–H and O–H groups in total. The van der Waals surface area contributed by atoms with Crippen molar-refractivity contribution in [3.8, 4) is 0 Å². The molecule has 0 bridgehead atoms. The van der Waals surface area contributed by atoms with Crippen molar-refractivity contribution in [2.75, 3.05) is 39.2 Å². The lowest BCUT2D eigenvalue weighted by atomic mass is 10.3. The zero-order valence-electron chi connectivity index (χ0n) is 10.8. The van der Waals surface area contributed by atoms with Gasteiger partial charge in [-0.1, -0.05) is 0 Å². The van der Waals surface area contributed by atoms with E-state index >= 15 is 0 Å². The lowest BCUT2D eigenvalue weighted by Gasteiger charge is -2.11. The number of rotatable bonds is 6. The van der Waals surface area contributed by atoms with Gasteiger partial charge in [0.1, 0.15) is 0 Å². The summed E-state index contributed by atoms with van der Waals surface area (Å²) in [6, 6.07) is 4.75. The Hall–Kier alpha value is -0.760. The van der Waals surface area contributed by atoms with Crippen LogP contribution in [0.2, 0.25) is 0 Å². The van der Waals surface area contributed by atoms with Crippen LogP contribution in [0.1, 0.15) is 0 Å². The minimum absolute atomic E-state index is 0.242. The van der Waals surface area contributed by atoms with E-state index < -0.39 is 10.0 Å². The molecule has 0 aliphatic heterocycles. The average Bonchev–Trinajstić information content (AvgIpc) is 2.31. The second-order valence-corrected chi connectivity index (χ2v) is 7.08. The molecular formula is C11H19N3O2S2. The highest BCUT2D eigenvalue weighted by molar-refractivity contribution is 7.99. The molecular weight excluding hydrogens is 270 g/mol. The van der Waals surface area contributed by atoms with Crippen LogP contribution in [0.5, 0.6) is 0 Å². The third-order valence-electron chi connectivity index (χ3n) is 2.36. The molecule has 0 spiro atoms. The third-order valence-corrected chi connectivity index (χ3v) is 4.82. The Morgan fingerprint density at radius 3 is 2.61 bits per heavy atom.